The fraction of sp³-hybridized carbons (Fsp3) is 0.800. The molecule has 0 radical (unpaired) electrons. The molecule has 2 N–H and O–H groups in total. The van der Waals surface area contributed by atoms with Gasteiger partial charge in [-0.15, -0.1) is 11.8 Å². The molecule has 0 amide bonds. The summed E-state index contributed by atoms with van der Waals surface area (Å²) in [5.41, 5.74) is 0. The zero-order chi connectivity index (χ0) is 7.70. The quantitative estimate of drug-likeness (QED) is 0.517. The Balaban J connectivity index is 0. The molecule has 0 aromatic carbocycles. The van der Waals surface area contributed by atoms with E-state index < -0.39 is 0 Å². The van der Waals surface area contributed by atoms with E-state index in [1.807, 2.05) is 27.4 Å². The van der Waals surface area contributed by atoms with Crippen LogP contribution in [0, 0.1) is 0 Å². The van der Waals surface area contributed by atoms with Gasteiger partial charge in [0, 0.05) is 7.05 Å². The number of thioether (sulfide) groups is 1. The Labute approximate surface area is 66.8 Å². The van der Waals surface area contributed by atoms with Crippen molar-refractivity contribution < 1.29 is 0 Å². The van der Waals surface area contributed by atoms with Gasteiger partial charge in [0.25, 0.3) is 0 Å². The molecule has 0 heterocycles. The molecule has 0 saturated carbocycles. The third-order valence-corrected chi connectivity index (χ3v) is 1.67. The predicted molar refractivity (Wildman–Crippen MR) is 50.2 cm³/mol. The third-order valence-electron chi connectivity index (χ3n) is 0.390. The van der Waals surface area contributed by atoms with Crippen molar-refractivity contribution in [1.29, 1.82) is 0 Å². The maximum Gasteiger partial charge on any atom is 0.133 e. The summed E-state index contributed by atoms with van der Waals surface area (Å²) in [5.74, 6) is 0. The fourth-order valence-corrected chi connectivity index (χ4v) is 0.306. The van der Waals surface area contributed by atoms with Crippen LogP contribution in [0.15, 0.2) is 0 Å². The van der Waals surface area contributed by atoms with Gasteiger partial charge in [-0.05, 0) is 20.4 Å². The molecule has 0 saturated heterocycles. The van der Waals surface area contributed by atoms with E-state index in [1.54, 1.807) is 11.8 Å². The summed E-state index contributed by atoms with van der Waals surface area (Å²) in [6.45, 7) is 0. The molecule has 0 aliphatic heterocycles. The van der Waals surface area contributed by atoms with Gasteiger partial charge in [0.05, 0.1) is 0 Å². The van der Waals surface area contributed by atoms with E-state index in [0.29, 0.717) is 0 Å². The van der Waals surface area contributed by atoms with Gasteiger partial charge >= 0.3 is 0 Å². The molecule has 0 aromatic heterocycles. The molecule has 0 aliphatic carbocycles. The van der Waals surface area contributed by atoms with E-state index in [-0.39, 0.29) is 0 Å². The highest BCUT2D eigenvalue weighted by Crippen LogP contribution is 1.90. The van der Waals surface area contributed by atoms with Crippen LogP contribution in [0.3, 0.4) is 0 Å². The summed E-state index contributed by atoms with van der Waals surface area (Å²) in [7, 11) is 5.57. The summed E-state index contributed by atoms with van der Waals surface area (Å²) in [6, 6.07) is 0. The van der Waals surface area contributed by atoms with E-state index in [0.717, 1.165) is 4.32 Å². The van der Waals surface area contributed by atoms with Gasteiger partial charge in [0.2, 0.25) is 0 Å². The maximum atomic E-state index is 4.71. The number of nitrogens with one attached hydrogen (secondary N) is 2. The number of hydrogen-bond donors (Lipinski definition) is 2. The molecule has 0 unspecified atom stereocenters. The van der Waals surface area contributed by atoms with Crippen LogP contribution in [0.5, 0.6) is 0 Å². The minimum Gasteiger partial charge on any atom is -0.374 e. The van der Waals surface area contributed by atoms with E-state index in [4.69, 9.17) is 12.2 Å². The van der Waals surface area contributed by atoms with E-state index >= 15 is 0 Å². The normalized spacial score (nSPS) is 7.11. The number of thiocarbonyl (C=S) groups is 1. The first-order valence-corrected chi connectivity index (χ1v) is 4.20. The van der Waals surface area contributed by atoms with Crippen LogP contribution in [0.1, 0.15) is 0 Å². The SMILES string of the molecule is CNC.CNC(=S)SC. The van der Waals surface area contributed by atoms with Crippen molar-refractivity contribution in [1.82, 2.24) is 10.6 Å². The Bertz CT molecular complexity index is 60.0. The Hall–Kier alpha value is 0.200. The van der Waals surface area contributed by atoms with Crippen molar-refractivity contribution >= 4 is 28.3 Å². The molecule has 0 rings (SSSR count). The minimum atomic E-state index is 0.843. The van der Waals surface area contributed by atoms with Crippen LogP contribution in [-0.2, 0) is 0 Å². The first-order chi connectivity index (χ1) is 4.22. The molecular weight excluding hydrogens is 152 g/mol. The van der Waals surface area contributed by atoms with Crippen LogP contribution < -0.4 is 10.6 Å². The van der Waals surface area contributed by atoms with Crippen molar-refractivity contribution in [2.75, 3.05) is 27.4 Å². The molecular formula is C5H14N2S2. The first-order valence-electron chi connectivity index (χ1n) is 2.57. The average molecular weight is 166 g/mol. The molecule has 0 bridgehead atoms. The summed E-state index contributed by atoms with van der Waals surface area (Å²) in [4.78, 5) is 0. The van der Waals surface area contributed by atoms with Gasteiger partial charge in [-0.25, -0.2) is 0 Å². The van der Waals surface area contributed by atoms with Gasteiger partial charge in [0.15, 0.2) is 0 Å². The van der Waals surface area contributed by atoms with Crippen LogP contribution in [0.25, 0.3) is 0 Å². The topological polar surface area (TPSA) is 24.1 Å². The molecule has 0 atom stereocenters. The van der Waals surface area contributed by atoms with Crippen molar-refractivity contribution in [3.05, 3.63) is 0 Å². The van der Waals surface area contributed by atoms with Gasteiger partial charge in [-0.3, -0.25) is 0 Å². The molecule has 9 heavy (non-hydrogen) atoms. The van der Waals surface area contributed by atoms with Gasteiger partial charge in [0.1, 0.15) is 4.32 Å². The lowest BCUT2D eigenvalue weighted by Gasteiger charge is -1.91. The summed E-state index contributed by atoms with van der Waals surface area (Å²) < 4.78 is 0.843. The van der Waals surface area contributed by atoms with Gasteiger partial charge in [-0.1, -0.05) is 12.2 Å². The van der Waals surface area contributed by atoms with Crippen molar-refractivity contribution in [3.8, 4) is 0 Å². The Morgan fingerprint density at radius 1 is 1.33 bits per heavy atom. The van der Waals surface area contributed by atoms with Crippen molar-refractivity contribution in [2.45, 2.75) is 0 Å². The largest absolute Gasteiger partial charge is 0.374 e. The summed E-state index contributed by atoms with van der Waals surface area (Å²) >= 11 is 6.25. The monoisotopic (exact) mass is 166 g/mol. The zero-order valence-corrected chi connectivity index (χ0v) is 7.95. The standard InChI is InChI=1S/C3H7NS2.C2H7N/c1-4-3(5)6-2;1-3-2/h1-2H3,(H,4,5);3H,1-2H3. The maximum absolute atomic E-state index is 4.71. The molecule has 56 valence electrons. The second kappa shape index (κ2) is 11.1. The molecule has 0 fully saturated rings. The smallest absolute Gasteiger partial charge is 0.133 e. The van der Waals surface area contributed by atoms with Crippen LogP contribution >= 0.6 is 24.0 Å². The molecule has 0 aromatic rings. The van der Waals surface area contributed by atoms with E-state index in [9.17, 15) is 0 Å². The highest BCUT2D eigenvalue weighted by Gasteiger charge is 1.79. The van der Waals surface area contributed by atoms with Crippen molar-refractivity contribution in [2.24, 2.45) is 0 Å². The first kappa shape index (κ1) is 11.9. The van der Waals surface area contributed by atoms with Gasteiger partial charge < -0.3 is 10.6 Å². The predicted octanol–water partition coefficient (Wildman–Crippen LogP) is 0.689. The summed E-state index contributed by atoms with van der Waals surface area (Å²) in [5, 5.41) is 5.56. The second-order valence-electron chi connectivity index (χ2n) is 1.24. The third kappa shape index (κ3) is 17.9. The van der Waals surface area contributed by atoms with Crippen LogP contribution in [0.4, 0.5) is 0 Å². The zero-order valence-electron chi connectivity index (χ0n) is 6.32. The lowest BCUT2D eigenvalue weighted by molar-refractivity contribution is 1.02. The van der Waals surface area contributed by atoms with E-state index in [1.165, 1.54) is 0 Å². The van der Waals surface area contributed by atoms with Crippen LogP contribution in [0.2, 0.25) is 0 Å². The van der Waals surface area contributed by atoms with E-state index in [2.05, 4.69) is 10.6 Å². The second-order valence-corrected chi connectivity index (χ2v) is 2.72. The number of rotatable bonds is 0. The lowest BCUT2D eigenvalue weighted by Crippen LogP contribution is -2.09. The highest BCUT2D eigenvalue weighted by atomic mass is 32.2. The molecule has 4 heteroatoms. The Kier molecular flexibility index (Phi) is 14.7. The number of hydrogen-bond acceptors (Lipinski definition) is 3. The Morgan fingerprint density at radius 3 is 1.67 bits per heavy atom. The average Bonchev–Trinajstić information content (AvgIpc) is 1.88. The molecule has 2 nitrogen and oxygen atoms in total. The van der Waals surface area contributed by atoms with Crippen molar-refractivity contribution in [3.63, 3.8) is 0 Å². The van der Waals surface area contributed by atoms with Crippen LogP contribution in [-0.4, -0.2) is 31.7 Å². The molecule has 0 aliphatic rings. The fourth-order valence-electron chi connectivity index (χ4n) is 0.102. The Morgan fingerprint density at radius 2 is 1.67 bits per heavy atom. The molecule has 0 spiro atoms. The van der Waals surface area contributed by atoms with Gasteiger partial charge in [-0.2, -0.15) is 0 Å². The summed E-state index contributed by atoms with van der Waals surface area (Å²) in [6.07, 6.45) is 1.94. The lowest BCUT2D eigenvalue weighted by atomic mass is 11.2. The highest BCUT2D eigenvalue weighted by molar-refractivity contribution is 8.22. The minimum absolute atomic E-state index is 0.843.